The lowest BCUT2D eigenvalue weighted by Crippen LogP contribution is -2.38. The number of nitrogens with one attached hydrogen (secondary N) is 3. The quantitative estimate of drug-likeness (QED) is 0.459. The number of hydrogen-bond acceptors (Lipinski definition) is 4. The second-order valence-corrected chi connectivity index (χ2v) is 7.57. The largest absolute Gasteiger partial charge is 0.484 e. The summed E-state index contributed by atoms with van der Waals surface area (Å²) in [6, 6.07) is 7.77. The molecule has 2 aliphatic carbocycles. The molecule has 0 heterocycles. The smallest absolute Gasteiger partial charge is 0.257 e. The summed E-state index contributed by atoms with van der Waals surface area (Å²) in [5.74, 6) is 0.665. The predicted molar refractivity (Wildman–Crippen MR) is 106 cm³/mol. The molecule has 0 bridgehead atoms. The van der Waals surface area contributed by atoms with Crippen molar-refractivity contribution in [3.05, 3.63) is 24.3 Å². The average molecular weight is 373 g/mol. The summed E-state index contributed by atoms with van der Waals surface area (Å²) in [6.07, 6.45) is 9.72. The van der Waals surface area contributed by atoms with Crippen molar-refractivity contribution in [2.45, 2.75) is 57.4 Å². The highest BCUT2D eigenvalue weighted by Crippen LogP contribution is 2.30. The molecule has 1 aromatic rings. The van der Waals surface area contributed by atoms with Crippen molar-refractivity contribution >= 4 is 17.5 Å². The molecule has 0 radical (unpaired) electrons. The number of benzene rings is 1. The summed E-state index contributed by atoms with van der Waals surface area (Å²) in [6.45, 7) is 1.37. The maximum absolute atomic E-state index is 11.9. The molecule has 27 heavy (non-hydrogen) atoms. The van der Waals surface area contributed by atoms with E-state index in [4.69, 9.17) is 4.74 Å². The van der Waals surface area contributed by atoms with Crippen molar-refractivity contribution in [2.24, 2.45) is 5.92 Å². The molecule has 0 saturated heterocycles. The molecular weight excluding hydrogens is 342 g/mol. The Morgan fingerprint density at radius 1 is 1.00 bits per heavy atom. The first-order valence-corrected chi connectivity index (χ1v) is 10.2. The molecule has 0 atom stereocenters. The Balaban J connectivity index is 1.31. The molecule has 2 amide bonds. The Morgan fingerprint density at radius 3 is 2.52 bits per heavy atom. The highest BCUT2D eigenvalue weighted by Gasteiger charge is 2.29. The van der Waals surface area contributed by atoms with Crippen LogP contribution in [-0.4, -0.2) is 37.6 Å². The summed E-state index contributed by atoms with van der Waals surface area (Å²) >= 11 is 0. The molecular formula is C21H31N3O3. The molecule has 0 aliphatic heterocycles. The number of rotatable bonds is 9. The molecule has 0 aromatic heterocycles. The van der Waals surface area contributed by atoms with Crippen LogP contribution >= 0.6 is 0 Å². The SMILES string of the molecule is O=C(COc1cccc(NC(=O)C2CC2)c1)NCCNC1CCCCCC1. The van der Waals surface area contributed by atoms with E-state index in [1.807, 2.05) is 12.1 Å². The minimum atomic E-state index is -0.134. The maximum Gasteiger partial charge on any atom is 0.257 e. The van der Waals surface area contributed by atoms with Gasteiger partial charge in [-0.3, -0.25) is 9.59 Å². The zero-order chi connectivity index (χ0) is 18.9. The Labute approximate surface area is 161 Å². The first-order valence-electron chi connectivity index (χ1n) is 10.2. The van der Waals surface area contributed by atoms with Crippen molar-refractivity contribution in [3.63, 3.8) is 0 Å². The zero-order valence-corrected chi connectivity index (χ0v) is 16.0. The summed E-state index contributed by atoms with van der Waals surface area (Å²) in [5, 5.41) is 9.30. The van der Waals surface area contributed by atoms with Gasteiger partial charge in [-0.1, -0.05) is 31.7 Å². The summed E-state index contributed by atoms with van der Waals surface area (Å²) in [4.78, 5) is 23.8. The van der Waals surface area contributed by atoms with Gasteiger partial charge in [0.1, 0.15) is 5.75 Å². The molecule has 1 aromatic carbocycles. The van der Waals surface area contributed by atoms with Gasteiger partial charge in [0.15, 0.2) is 6.61 Å². The molecule has 2 saturated carbocycles. The number of ether oxygens (including phenoxy) is 1. The van der Waals surface area contributed by atoms with E-state index in [0.717, 1.165) is 19.4 Å². The highest BCUT2D eigenvalue weighted by molar-refractivity contribution is 5.94. The van der Waals surface area contributed by atoms with Gasteiger partial charge in [0.25, 0.3) is 5.91 Å². The minimum Gasteiger partial charge on any atom is -0.484 e. The maximum atomic E-state index is 11.9. The van der Waals surface area contributed by atoms with Crippen molar-refractivity contribution in [3.8, 4) is 5.75 Å². The summed E-state index contributed by atoms with van der Waals surface area (Å²) in [7, 11) is 0. The van der Waals surface area contributed by atoms with Crippen molar-refractivity contribution in [1.82, 2.24) is 10.6 Å². The number of hydrogen-bond donors (Lipinski definition) is 3. The van der Waals surface area contributed by atoms with E-state index in [9.17, 15) is 9.59 Å². The van der Waals surface area contributed by atoms with Crippen LogP contribution in [0.25, 0.3) is 0 Å². The van der Waals surface area contributed by atoms with Crippen LogP contribution in [0.2, 0.25) is 0 Å². The normalized spacial score (nSPS) is 17.8. The van der Waals surface area contributed by atoms with E-state index in [1.54, 1.807) is 12.1 Å². The lowest BCUT2D eigenvalue weighted by Gasteiger charge is -2.16. The Bertz CT molecular complexity index is 623. The van der Waals surface area contributed by atoms with Crippen LogP contribution in [0.3, 0.4) is 0 Å². The van der Waals surface area contributed by atoms with Crippen LogP contribution in [0.4, 0.5) is 5.69 Å². The third-order valence-electron chi connectivity index (χ3n) is 5.15. The van der Waals surface area contributed by atoms with Crippen molar-refractivity contribution in [1.29, 1.82) is 0 Å². The molecule has 6 heteroatoms. The van der Waals surface area contributed by atoms with Gasteiger partial charge in [0.2, 0.25) is 5.91 Å². The minimum absolute atomic E-state index is 0.0244. The van der Waals surface area contributed by atoms with E-state index < -0.39 is 0 Å². The fourth-order valence-corrected chi connectivity index (χ4v) is 3.42. The van der Waals surface area contributed by atoms with E-state index >= 15 is 0 Å². The van der Waals surface area contributed by atoms with E-state index in [2.05, 4.69) is 16.0 Å². The van der Waals surface area contributed by atoms with Gasteiger partial charge in [-0.25, -0.2) is 0 Å². The Morgan fingerprint density at radius 2 is 1.78 bits per heavy atom. The molecule has 0 spiro atoms. The lowest BCUT2D eigenvalue weighted by molar-refractivity contribution is -0.123. The van der Waals surface area contributed by atoms with E-state index in [1.165, 1.54) is 38.5 Å². The number of carbonyl (C=O) groups excluding carboxylic acids is 2. The van der Waals surface area contributed by atoms with Crippen LogP contribution in [0.15, 0.2) is 24.3 Å². The van der Waals surface area contributed by atoms with Gasteiger partial charge in [-0.15, -0.1) is 0 Å². The molecule has 0 unspecified atom stereocenters. The van der Waals surface area contributed by atoms with Gasteiger partial charge < -0.3 is 20.7 Å². The third-order valence-corrected chi connectivity index (χ3v) is 5.15. The molecule has 2 aliphatic rings. The monoisotopic (exact) mass is 373 g/mol. The Kier molecular flexibility index (Phi) is 7.51. The van der Waals surface area contributed by atoms with Crippen LogP contribution in [0, 0.1) is 5.92 Å². The molecule has 148 valence electrons. The predicted octanol–water partition coefficient (Wildman–Crippen LogP) is 2.84. The van der Waals surface area contributed by atoms with Gasteiger partial charge >= 0.3 is 0 Å². The zero-order valence-electron chi connectivity index (χ0n) is 16.0. The fraction of sp³-hybridized carbons (Fsp3) is 0.619. The second-order valence-electron chi connectivity index (χ2n) is 7.57. The van der Waals surface area contributed by atoms with E-state index in [-0.39, 0.29) is 24.3 Å². The van der Waals surface area contributed by atoms with Crippen LogP contribution in [-0.2, 0) is 9.59 Å². The Hall–Kier alpha value is -2.08. The molecule has 2 fully saturated rings. The van der Waals surface area contributed by atoms with Crippen LogP contribution < -0.4 is 20.7 Å². The van der Waals surface area contributed by atoms with Crippen LogP contribution in [0.5, 0.6) is 5.75 Å². The van der Waals surface area contributed by atoms with Crippen molar-refractivity contribution < 1.29 is 14.3 Å². The number of anilines is 1. The summed E-state index contributed by atoms with van der Waals surface area (Å²) in [5.41, 5.74) is 0.706. The second kappa shape index (κ2) is 10.3. The van der Waals surface area contributed by atoms with Crippen molar-refractivity contribution in [2.75, 3.05) is 25.0 Å². The molecule has 3 N–H and O–H groups in total. The fourth-order valence-electron chi connectivity index (χ4n) is 3.42. The van der Waals surface area contributed by atoms with Gasteiger partial charge in [0.05, 0.1) is 0 Å². The standard InChI is InChI=1S/C21H31N3O3/c25-20(23-13-12-22-17-6-3-1-2-4-7-17)15-27-19-9-5-8-18(14-19)24-21(26)16-10-11-16/h5,8-9,14,16-17,22H,1-4,6-7,10-13,15H2,(H,23,25)(H,24,26). The van der Waals surface area contributed by atoms with Crippen LogP contribution in [0.1, 0.15) is 51.4 Å². The molecule has 6 nitrogen and oxygen atoms in total. The number of carbonyl (C=O) groups is 2. The molecule has 3 rings (SSSR count). The van der Waals surface area contributed by atoms with Gasteiger partial charge in [0, 0.05) is 36.8 Å². The lowest BCUT2D eigenvalue weighted by atomic mass is 10.1. The average Bonchev–Trinajstić information content (AvgIpc) is 3.51. The number of amides is 2. The van der Waals surface area contributed by atoms with Gasteiger partial charge in [-0.05, 0) is 37.8 Å². The third kappa shape index (κ3) is 7.21. The van der Waals surface area contributed by atoms with E-state index in [0.29, 0.717) is 24.0 Å². The highest BCUT2D eigenvalue weighted by atomic mass is 16.5. The van der Waals surface area contributed by atoms with Gasteiger partial charge in [-0.2, -0.15) is 0 Å². The first-order chi connectivity index (χ1) is 13.2. The topological polar surface area (TPSA) is 79.5 Å². The summed E-state index contributed by atoms with van der Waals surface area (Å²) < 4.78 is 5.55. The first kappa shape index (κ1) is 19.7.